The molecule has 1 saturated heterocycles. The number of aryl methyl sites for hydroxylation is 2. The van der Waals surface area contributed by atoms with Crippen molar-refractivity contribution in [3.05, 3.63) is 76.1 Å². The minimum absolute atomic E-state index is 0.159. The molecule has 5 nitrogen and oxygen atoms in total. The smallest absolute Gasteiger partial charge is 0.271 e. The van der Waals surface area contributed by atoms with Crippen molar-refractivity contribution in [2.75, 3.05) is 4.90 Å². The van der Waals surface area contributed by atoms with Crippen LogP contribution in [-0.4, -0.2) is 21.3 Å². The zero-order valence-electron chi connectivity index (χ0n) is 15.3. The van der Waals surface area contributed by atoms with Crippen LogP contribution in [0.4, 0.5) is 10.1 Å². The number of rotatable bonds is 3. The molecule has 0 bridgehead atoms. The van der Waals surface area contributed by atoms with Crippen molar-refractivity contribution in [2.24, 2.45) is 0 Å². The lowest BCUT2D eigenvalue weighted by Crippen LogP contribution is -2.28. The fraction of sp³-hybridized carbons (Fsp3) is 0.0952. The average molecular weight is 392 g/mol. The maximum atomic E-state index is 13.2. The van der Waals surface area contributed by atoms with Gasteiger partial charge in [-0.1, -0.05) is 6.07 Å². The normalized spacial score (nSPS) is 15.7. The number of carbonyl (C=O) groups excluding carboxylic acids is 1. The molecule has 1 amide bonds. The number of benzene rings is 2. The van der Waals surface area contributed by atoms with E-state index in [1.165, 1.54) is 17.0 Å². The molecular formula is C21H17FN4OS. The van der Waals surface area contributed by atoms with Crippen molar-refractivity contribution in [3.63, 3.8) is 0 Å². The van der Waals surface area contributed by atoms with Gasteiger partial charge in [0.1, 0.15) is 5.82 Å². The van der Waals surface area contributed by atoms with Gasteiger partial charge in [-0.25, -0.2) is 4.39 Å². The number of halogens is 1. The van der Waals surface area contributed by atoms with Gasteiger partial charge in [0.15, 0.2) is 5.17 Å². The van der Waals surface area contributed by atoms with Crippen molar-refractivity contribution in [1.82, 2.24) is 10.2 Å². The van der Waals surface area contributed by atoms with E-state index in [-0.39, 0.29) is 16.9 Å². The van der Waals surface area contributed by atoms with Gasteiger partial charge < -0.3 is 0 Å². The van der Waals surface area contributed by atoms with Crippen LogP contribution in [0, 0.1) is 25.1 Å². The Hall–Kier alpha value is -3.19. The van der Waals surface area contributed by atoms with Crippen LogP contribution in [0.1, 0.15) is 16.7 Å². The van der Waals surface area contributed by atoms with Crippen molar-refractivity contribution < 1.29 is 9.18 Å². The molecule has 0 saturated carbocycles. The second-order valence-electron chi connectivity index (χ2n) is 6.53. The number of aromatic nitrogens is 2. The number of nitrogens with zero attached hydrogens (tertiary/aromatic N) is 2. The molecule has 1 aliphatic rings. The van der Waals surface area contributed by atoms with Crippen molar-refractivity contribution in [2.45, 2.75) is 13.8 Å². The highest BCUT2D eigenvalue weighted by Crippen LogP contribution is 2.36. The third-order valence-corrected chi connectivity index (χ3v) is 5.55. The molecule has 1 aliphatic heterocycles. The maximum absolute atomic E-state index is 13.2. The topological polar surface area (TPSA) is 72.8 Å². The van der Waals surface area contributed by atoms with Crippen LogP contribution in [0.2, 0.25) is 0 Å². The van der Waals surface area contributed by atoms with Gasteiger partial charge in [-0.2, -0.15) is 5.10 Å². The molecule has 0 unspecified atom stereocenters. The highest BCUT2D eigenvalue weighted by molar-refractivity contribution is 8.19. The molecule has 0 atom stereocenters. The van der Waals surface area contributed by atoms with E-state index < -0.39 is 0 Å². The van der Waals surface area contributed by atoms with E-state index >= 15 is 0 Å². The largest absolute Gasteiger partial charge is 0.278 e. The standard InChI is InChI=1S/C21H17FN4OS/c1-12-3-8-17(9-13(12)2)26-20(27)18(28-21(26)23)10-15-11-24-25-19(15)14-4-6-16(22)7-5-14/h3-11,23H,1-2H3,(H,24,25)/b18-10-,23-21?. The van der Waals surface area contributed by atoms with Crippen LogP contribution in [-0.2, 0) is 4.79 Å². The van der Waals surface area contributed by atoms with Crippen LogP contribution in [0.25, 0.3) is 17.3 Å². The first-order valence-electron chi connectivity index (χ1n) is 8.63. The van der Waals surface area contributed by atoms with Gasteiger partial charge in [0.2, 0.25) is 0 Å². The molecular weight excluding hydrogens is 375 g/mol. The second-order valence-corrected chi connectivity index (χ2v) is 7.56. The summed E-state index contributed by atoms with van der Waals surface area (Å²) < 4.78 is 13.2. The predicted octanol–water partition coefficient (Wildman–Crippen LogP) is 4.89. The summed E-state index contributed by atoms with van der Waals surface area (Å²) in [5.41, 5.74) is 5.04. The van der Waals surface area contributed by atoms with E-state index in [4.69, 9.17) is 5.41 Å². The van der Waals surface area contributed by atoms with Crippen LogP contribution in [0.3, 0.4) is 0 Å². The van der Waals surface area contributed by atoms with Crippen LogP contribution >= 0.6 is 11.8 Å². The van der Waals surface area contributed by atoms with Gasteiger partial charge in [0.05, 0.1) is 22.5 Å². The number of nitrogens with one attached hydrogen (secondary N) is 2. The molecule has 2 heterocycles. The van der Waals surface area contributed by atoms with Gasteiger partial charge in [-0.05, 0) is 79.2 Å². The Morgan fingerprint density at radius 2 is 1.89 bits per heavy atom. The highest BCUT2D eigenvalue weighted by atomic mass is 32.2. The first kappa shape index (κ1) is 18.2. The molecule has 0 radical (unpaired) electrons. The Labute approximate surface area is 165 Å². The Morgan fingerprint density at radius 3 is 2.61 bits per heavy atom. The lowest BCUT2D eigenvalue weighted by atomic mass is 10.1. The summed E-state index contributed by atoms with van der Waals surface area (Å²) in [6.07, 6.45) is 3.33. The van der Waals surface area contributed by atoms with Gasteiger partial charge >= 0.3 is 0 Å². The van der Waals surface area contributed by atoms with Gasteiger partial charge in [0.25, 0.3) is 5.91 Å². The summed E-state index contributed by atoms with van der Waals surface area (Å²) in [4.78, 5) is 14.8. The summed E-state index contributed by atoms with van der Waals surface area (Å²) in [6, 6.07) is 11.8. The number of H-pyrrole nitrogens is 1. The number of hydrogen-bond donors (Lipinski definition) is 2. The molecule has 140 valence electrons. The van der Waals surface area contributed by atoms with Crippen molar-refractivity contribution >= 4 is 34.6 Å². The fourth-order valence-electron chi connectivity index (χ4n) is 2.98. The average Bonchev–Trinajstić information content (AvgIpc) is 3.23. The fourth-order valence-corrected chi connectivity index (χ4v) is 3.83. The summed E-state index contributed by atoms with van der Waals surface area (Å²) in [6.45, 7) is 3.99. The lowest BCUT2D eigenvalue weighted by Gasteiger charge is -2.15. The Balaban J connectivity index is 1.68. The van der Waals surface area contributed by atoms with Gasteiger partial charge in [-0.3, -0.25) is 20.2 Å². The highest BCUT2D eigenvalue weighted by Gasteiger charge is 2.34. The molecule has 28 heavy (non-hydrogen) atoms. The molecule has 4 rings (SSSR count). The molecule has 3 aromatic rings. The first-order chi connectivity index (χ1) is 13.4. The number of amides is 1. The van der Waals surface area contributed by atoms with Crippen LogP contribution in [0.5, 0.6) is 0 Å². The molecule has 0 spiro atoms. The Morgan fingerprint density at radius 1 is 1.14 bits per heavy atom. The van der Waals surface area contributed by atoms with Gasteiger partial charge in [0, 0.05) is 11.1 Å². The van der Waals surface area contributed by atoms with Crippen molar-refractivity contribution in [3.8, 4) is 11.3 Å². The van der Waals surface area contributed by atoms with E-state index in [2.05, 4.69) is 10.2 Å². The molecule has 1 aromatic heterocycles. The van der Waals surface area contributed by atoms with Crippen LogP contribution < -0.4 is 4.90 Å². The monoisotopic (exact) mass is 392 g/mol. The summed E-state index contributed by atoms with van der Waals surface area (Å²) in [7, 11) is 0. The SMILES string of the molecule is Cc1ccc(N2C(=N)S/C(=C\c3cn[nH]c3-c3ccc(F)cc3)C2=O)cc1C. The summed E-state index contributed by atoms with van der Waals surface area (Å²) in [5.74, 6) is -0.563. The molecule has 1 fully saturated rings. The third-order valence-electron chi connectivity index (χ3n) is 4.66. The minimum Gasteiger partial charge on any atom is -0.278 e. The van der Waals surface area contributed by atoms with E-state index in [9.17, 15) is 9.18 Å². The molecule has 2 N–H and O–H groups in total. The second kappa shape index (κ2) is 7.09. The molecule has 0 aliphatic carbocycles. The summed E-state index contributed by atoms with van der Waals surface area (Å²) in [5, 5.41) is 15.4. The number of amidine groups is 1. The zero-order chi connectivity index (χ0) is 19.8. The predicted molar refractivity (Wildman–Crippen MR) is 111 cm³/mol. The Kier molecular flexibility index (Phi) is 4.60. The molecule has 7 heteroatoms. The van der Waals surface area contributed by atoms with E-state index in [1.54, 1.807) is 24.4 Å². The lowest BCUT2D eigenvalue weighted by molar-refractivity contribution is -0.113. The molecule has 2 aromatic carbocycles. The third kappa shape index (κ3) is 3.25. The van der Waals surface area contributed by atoms with Crippen LogP contribution in [0.15, 0.2) is 53.6 Å². The van der Waals surface area contributed by atoms with E-state index in [1.807, 2.05) is 32.0 Å². The van der Waals surface area contributed by atoms with E-state index in [0.717, 1.165) is 28.5 Å². The minimum atomic E-state index is -0.317. The number of aromatic amines is 1. The number of hydrogen-bond acceptors (Lipinski definition) is 4. The van der Waals surface area contributed by atoms with E-state index in [0.29, 0.717) is 21.8 Å². The Bertz CT molecular complexity index is 1120. The van der Waals surface area contributed by atoms with Crippen molar-refractivity contribution in [1.29, 1.82) is 5.41 Å². The number of carbonyl (C=O) groups is 1. The number of thioether (sulfide) groups is 1. The quantitative estimate of drug-likeness (QED) is 0.624. The van der Waals surface area contributed by atoms with Gasteiger partial charge in [-0.15, -0.1) is 0 Å². The summed E-state index contributed by atoms with van der Waals surface area (Å²) >= 11 is 1.11. The first-order valence-corrected chi connectivity index (χ1v) is 9.45. The maximum Gasteiger partial charge on any atom is 0.271 e. The zero-order valence-corrected chi connectivity index (χ0v) is 16.1. The number of anilines is 1.